The number of halogens is 46. The van der Waals surface area contributed by atoms with E-state index in [-0.39, 0.29) is 0 Å². The first-order chi connectivity index (χ1) is 27.1. The van der Waals surface area contributed by atoms with Crippen LogP contribution >= 0.6 is 14.4 Å². The summed E-state index contributed by atoms with van der Waals surface area (Å²) in [5.41, 5.74) is -60.8. The summed E-state index contributed by atoms with van der Waals surface area (Å²) in [5.74, 6) is -55.8. The second kappa shape index (κ2) is 15.1. The van der Waals surface area contributed by atoms with E-state index in [1.807, 2.05) is 0 Å². The van der Waals surface area contributed by atoms with Crippen LogP contribution in [0, 0.1) is 0 Å². The van der Waals surface area contributed by atoms with E-state index in [1.165, 1.54) is 0 Å². The Hall–Kier alpha value is -2.36. The Balaban J connectivity index is 0. The summed E-state index contributed by atoms with van der Waals surface area (Å²) in [7, 11) is -28.2. The van der Waals surface area contributed by atoms with Crippen molar-refractivity contribution in [3.8, 4) is 0 Å². The molecule has 404 valence electrons. The van der Waals surface area contributed by atoms with E-state index in [9.17, 15) is 201 Å². The molecule has 0 nitrogen and oxygen atoms in total. The molecule has 0 aromatic carbocycles. The molecule has 0 bridgehead atoms. The van der Waals surface area contributed by atoms with Gasteiger partial charge in [-0.15, -0.1) is 0 Å². The molecule has 0 rings (SSSR count). The van der Waals surface area contributed by atoms with E-state index in [0.29, 0.717) is 0 Å². The summed E-state index contributed by atoms with van der Waals surface area (Å²) in [6, 6.07) is 0. The topological polar surface area (TPSA) is 0 Å². The van der Waals surface area contributed by atoms with Crippen LogP contribution in [0.1, 0.15) is 0 Å². The first kappa shape index (κ1) is 65.7. The molecule has 0 aliphatic carbocycles. The zero-order valence-electron chi connectivity index (χ0n) is 27.3. The third kappa shape index (κ3) is 7.18. The number of alkyl halides is 42. The molecule has 0 radical (unpaired) electrons. The Morgan fingerprint density at radius 2 is 0.197 bits per heavy atom. The summed E-state index contributed by atoms with van der Waals surface area (Å²) in [6.07, 6.45) is -51.6. The minimum atomic E-state index is -14.1. The zero-order valence-corrected chi connectivity index (χ0v) is 29.1. The van der Waals surface area contributed by atoms with Crippen molar-refractivity contribution >= 4 is 14.4 Å². The Labute approximate surface area is 323 Å². The molecule has 0 saturated heterocycles. The van der Waals surface area contributed by atoms with Gasteiger partial charge in [0.05, 0.1) is 0 Å². The first-order valence-electron chi connectivity index (χ1n) is 13.0. The van der Waals surface area contributed by atoms with Gasteiger partial charge in [-0.3, -0.25) is 0 Å². The van der Waals surface area contributed by atoms with E-state index >= 15 is 0 Å². The van der Waals surface area contributed by atoms with Crippen LogP contribution < -0.4 is 0 Å². The van der Waals surface area contributed by atoms with Gasteiger partial charge in [0.15, 0.2) is 0 Å². The summed E-state index contributed by atoms with van der Waals surface area (Å²) < 4.78 is 588. The molecule has 0 unspecified atom stereocenters. The Bertz CT molecular complexity index is 1420. The van der Waals surface area contributed by atoms with Gasteiger partial charge in [0.25, 0.3) is 0 Å². The standard InChI is InChI=1S/2C9F23P/c2*10-1(11,4(16,17)18)7(25,26)33(31,32,8(27,28)2(12,13)5(19,20)21)9(29,30)3(14,15)6(22,23)24. The molecule has 0 amide bonds. The van der Waals surface area contributed by atoms with Gasteiger partial charge in [-0.25, -0.2) is 0 Å². The van der Waals surface area contributed by atoms with E-state index in [0.717, 1.165) is 0 Å². The summed E-state index contributed by atoms with van der Waals surface area (Å²) in [4.78, 5) is 0. The van der Waals surface area contributed by atoms with Crippen LogP contribution in [0.25, 0.3) is 0 Å². The molecule has 0 atom stereocenters. The molecule has 0 spiro atoms. The van der Waals surface area contributed by atoms with Gasteiger partial charge in [0, 0.05) is 0 Å². The summed E-state index contributed by atoms with van der Waals surface area (Å²) >= 11 is 0. The third-order valence-electron chi connectivity index (χ3n) is 7.36. The molecule has 66 heavy (non-hydrogen) atoms. The number of hydrogen-bond donors (Lipinski definition) is 0. The fourth-order valence-corrected chi connectivity index (χ4v) is 9.40. The predicted octanol–water partition coefficient (Wildman–Crippen LogP) is 17.4. The second-order valence-corrected chi connectivity index (χ2v) is 18.5. The summed E-state index contributed by atoms with van der Waals surface area (Å²) in [6.45, 7) is 0. The van der Waals surface area contributed by atoms with Crippen molar-refractivity contribution in [2.75, 3.05) is 0 Å². The van der Waals surface area contributed by atoms with Crippen molar-refractivity contribution in [3.05, 3.63) is 0 Å². The van der Waals surface area contributed by atoms with Gasteiger partial charge in [0.1, 0.15) is 0 Å². The Morgan fingerprint density at radius 3 is 0.242 bits per heavy atom. The molecule has 0 N–H and O–H groups in total. The van der Waals surface area contributed by atoms with Gasteiger partial charge in [0.2, 0.25) is 0 Å². The number of rotatable bonds is 12. The molecule has 48 heteroatoms. The molecular formula is C18F46P2. The van der Waals surface area contributed by atoms with Crippen LogP contribution in [0.15, 0.2) is 0 Å². The SMILES string of the molecule is FC(F)(F)C(F)(F)C(F)(F)P(F)(F)(C(F)(F)C(F)(F)C(F)(F)F)C(F)(F)C(F)(F)C(F)(F)F.FC(F)(F)C(F)(F)C(F)(F)P(F)(F)(C(F)(F)C(F)(F)C(F)(F)F)C(F)(F)C(F)(F)C(F)(F)F. The van der Waals surface area contributed by atoms with Crippen molar-refractivity contribution in [3.63, 3.8) is 0 Å². The van der Waals surface area contributed by atoms with E-state index in [2.05, 4.69) is 0 Å². The molecule has 0 fully saturated rings. The molecule has 0 heterocycles. The fourth-order valence-electron chi connectivity index (χ4n) is 3.56. The average Bonchev–Trinajstić information content (AvgIpc) is 3.00. The predicted molar refractivity (Wildman–Crippen MR) is 114 cm³/mol. The molecule has 0 aliphatic heterocycles. The van der Waals surface area contributed by atoms with Crippen LogP contribution in [-0.2, 0) is 0 Å². The molecule has 0 aromatic rings. The van der Waals surface area contributed by atoms with E-state index in [4.69, 9.17) is 0 Å². The zero-order chi connectivity index (χ0) is 55.9. The number of hydrogen-bond acceptors (Lipinski definition) is 0. The first-order valence-corrected chi connectivity index (χ1v) is 17.0. The van der Waals surface area contributed by atoms with Crippen LogP contribution in [0.2, 0.25) is 0 Å². The normalized spacial score (nSPS) is 18.2. The Morgan fingerprint density at radius 1 is 0.136 bits per heavy atom. The monoisotopic (exact) mass is 1150 g/mol. The van der Waals surface area contributed by atoms with Crippen molar-refractivity contribution in [2.45, 2.75) is 107 Å². The van der Waals surface area contributed by atoms with Crippen molar-refractivity contribution < 1.29 is 201 Å². The maximum absolute atomic E-state index is 14.2. The summed E-state index contributed by atoms with van der Waals surface area (Å²) in [5, 5.41) is 0. The van der Waals surface area contributed by atoms with Gasteiger partial charge < -0.3 is 0 Å². The second-order valence-electron chi connectivity index (χ2n) is 11.5. The van der Waals surface area contributed by atoms with Crippen molar-refractivity contribution in [1.82, 2.24) is 0 Å². The average molecular weight is 1150 g/mol. The van der Waals surface area contributed by atoms with Crippen LogP contribution in [0.3, 0.4) is 0 Å². The fraction of sp³-hybridized carbons (Fsp3) is 1.00. The van der Waals surface area contributed by atoms with E-state index in [1.54, 1.807) is 0 Å². The van der Waals surface area contributed by atoms with Crippen LogP contribution in [-0.4, -0.2) is 107 Å². The van der Waals surface area contributed by atoms with Gasteiger partial charge in [-0.1, -0.05) is 0 Å². The maximum atomic E-state index is 14.2. The third-order valence-corrected chi connectivity index (χ3v) is 15.0. The van der Waals surface area contributed by atoms with Gasteiger partial charge >= 0.3 is 322 Å². The van der Waals surface area contributed by atoms with Crippen LogP contribution in [0.4, 0.5) is 201 Å². The molecular weight excluding hydrogens is 1150 g/mol. The van der Waals surface area contributed by atoms with Gasteiger partial charge in [-0.2, -0.15) is 0 Å². The Kier molecular flexibility index (Phi) is 15.0. The molecule has 0 aliphatic rings. The minimum absolute atomic E-state index is 8.59. The van der Waals surface area contributed by atoms with E-state index < -0.39 is 121 Å². The molecule has 0 saturated carbocycles. The van der Waals surface area contributed by atoms with Crippen molar-refractivity contribution in [2.24, 2.45) is 0 Å². The quantitative estimate of drug-likeness (QED) is 0.135. The van der Waals surface area contributed by atoms with Crippen molar-refractivity contribution in [1.29, 1.82) is 0 Å². The van der Waals surface area contributed by atoms with Crippen LogP contribution in [0.5, 0.6) is 0 Å². The molecule has 0 aromatic heterocycles. The van der Waals surface area contributed by atoms with Gasteiger partial charge in [-0.05, 0) is 0 Å².